The lowest BCUT2D eigenvalue weighted by atomic mass is 9.77. The van der Waals surface area contributed by atoms with Crippen LogP contribution in [0, 0.1) is 0 Å². The number of ether oxygens (including phenoxy) is 1. The summed E-state index contributed by atoms with van der Waals surface area (Å²) in [4.78, 5) is 15.4. The van der Waals surface area contributed by atoms with Crippen LogP contribution in [0.15, 0.2) is 18.5 Å². The van der Waals surface area contributed by atoms with Crippen molar-refractivity contribution in [1.82, 2.24) is 4.98 Å². The fourth-order valence-corrected chi connectivity index (χ4v) is 1.31. The molecule has 0 fully saturated rings. The van der Waals surface area contributed by atoms with Gasteiger partial charge in [0.1, 0.15) is 0 Å². The summed E-state index contributed by atoms with van der Waals surface area (Å²) >= 11 is 0. The van der Waals surface area contributed by atoms with Crippen LogP contribution in [-0.2, 0) is 14.9 Å². The summed E-state index contributed by atoms with van der Waals surface area (Å²) in [5.74, 6) is -0.404. The van der Waals surface area contributed by atoms with Crippen LogP contribution in [0.25, 0.3) is 0 Å². The Morgan fingerprint density at radius 2 is 2.06 bits per heavy atom. The van der Waals surface area contributed by atoms with Crippen LogP contribution in [0.2, 0.25) is 0 Å². The molecule has 0 spiro atoms. The van der Waals surface area contributed by atoms with E-state index in [2.05, 4.69) is 9.72 Å². The Morgan fingerprint density at radius 3 is 2.56 bits per heavy atom. The molecule has 0 aliphatic carbocycles. The van der Waals surface area contributed by atoms with Gasteiger partial charge >= 0.3 is 13.1 Å². The highest BCUT2D eigenvalue weighted by Crippen LogP contribution is 2.22. The predicted octanol–water partition coefficient (Wildman–Crippen LogP) is -0.788. The van der Waals surface area contributed by atoms with Gasteiger partial charge in [0.25, 0.3) is 0 Å². The zero-order valence-electron chi connectivity index (χ0n) is 9.47. The molecule has 86 valence electrons. The van der Waals surface area contributed by atoms with Crippen molar-refractivity contribution < 1.29 is 19.6 Å². The minimum atomic E-state index is -1.60. The second-order valence-corrected chi connectivity index (χ2v) is 4.00. The van der Waals surface area contributed by atoms with Gasteiger partial charge in [-0.05, 0) is 19.4 Å². The number of carbonyl (C=O) groups excluding carboxylic acids is 1. The molecule has 5 nitrogen and oxygen atoms in total. The number of aromatic nitrogens is 1. The molecule has 1 aromatic rings. The van der Waals surface area contributed by atoms with Gasteiger partial charge in [-0.25, -0.2) is 0 Å². The Bertz CT molecular complexity index is 392. The fraction of sp³-hybridized carbons (Fsp3) is 0.400. The third kappa shape index (κ3) is 2.40. The zero-order valence-corrected chi connectivity index (χ0v) is 9.47. The van der Waals surface area contributed by atoms with Gasteiger partial charge < -0.3 is 14.8 Å². The number of rotatable bonds is 3. The van der Waals surface area contributed by atoms with E-state index in [0.29, 0.717) is 5.56 Å². The standard InChI is InChI=1S/C10H14BNO4/c1-10(2,9(13)16-3)7-4-8(11(14)15)6-12-5-7/h4-6,14-15H,1-3H3. The SMILES string of the molecule is COC(=O)C(C)(C)c1cncc(B(O)O)c1. The van der Waals surface area contributed by atoms with Gasteiger partial charge in [0.05, 0.1) is 12.5 Å². The average molecular weight is 223 g/mol. The van der Waals surface area contributed by atoms with Gasteiger partial charge in [0, 0.05) is 17.9 Å². The molecule has 1 rings (SSSR count). The summed E-state index contributed by atoms with van der Waals surface area (Å²) in [6.45, 7) is 3.37. The van der Waals surface area contributed by atoms with E-state index < -0.39 is 18.5 Å². The summed E-state index contributed by atoms with van der Waals surface area (Å²) in [5.41, 5.74) is -0.0495. The maximum absolute atomic E-state index is 11.5. The monoisotopic (exact) mass is 223 g/mol. The van der Waals surface area contributed by atoms with E-state index in [1.807, 2.05) is 0 Å². The Kier molecular flexibility index (Phi) is 3.67. The molecule has 0 saturated carbocycles. The van der Waals surface area contributed by atoms with Gasteiger partial charge in [-0.1, -0.05) is 6.07 Å². The van der Waals surface area contributed by atoms with Crippen molar-refractivity contribution in [3.63, 3.8) is 0 Å². The van der Waals surface area contributed by atoms with E-state index in [9.17, 15) is 4.79 Å². The molecule has 1 aromatic heterocycles. The van der Waals surface area contributed by atoms with Crippen molar-refractivity contribution in [2.24, 2.45) is 0 Å². The van der Waals surface area contributed by atoms with E-state index >= 15 is 0 Å². The highest BCUT2D eigenvalue weighted by atomic mass is 16.5. The fourth-order valence-electron chi connectivity index (χ4n) is 1.31. The number of pyridine rings is 1. The first-order chi connectivity index (χ1) is 7.39. The quantitative estimate of drug-likeness (QED) is 0.518. The summed E-state index contributed by atoms with van der Waals surface area (Å²) in [6, 6.07) is 1.52. The first kappa shape index (κ1) is 12.7. The Hall–Kier alpha value is -1.40. The molecule has 2 N–H and O–H groups in total. The maximum Gasteiger partial charge on any atom is 0.490 e. The number of methoxy groups -OCH3 is 1. The Balaban J connectivity index is 3.13. The molecular weight excluding hydrogens is 209 g/mol. The summed E-state index contributed by atoms with van der Waals surface area (Å²) in [5, 5.41) is 18.0. The van der Waals surface area contributed by atoms with Crippen molar-refractivity contribution in [2.45, 2.75) is 19.3 Å². The van der Waals surface area contributed by atoms with Gasteiger partial charge in [0.15, 0.2) is 0 Å². The second kappa shape index (κ2) is 4.63. The lowest BCUT2D eigenvalue weighted by Gasteiger charge is -2.21. The second-order valence-electron chi connectivity index (χ2n) is 4.00. The molecular formula is C10H14BNO4. The molecule has 0 radical (unpaired) electrons. The molecule has 6 heteroatoms. The van der Waals surface area contributed by atoms with Crippen LogP contribution >= 0.6 is 0 Å². The summed E-state index contributed by atoms with van der Waals surface area (Å²) in [7, 11) is -0.289. The van der Waals surface area contributed by atoms with Crippen LogP contribution in [0.3, 0.4) is 0 Å². The Morgan fingerprint density at radius 1 is 1.44 bits per heavy atom. The van der Waals surface area contributed by atoms with E-state index in [0.717, 1.165) is 0 Å². The van der Waals surface area contributed by atoms with E-state index in [-0.39, 0.29) is 5.46 Å². The Labute approximate surface area is 94.2 Å². The van der Waals surface area contributed by atoms with Crippen LogP contribution in [0.1, 0.15) is 19.4 Å². The number of nitrogens with zero attached hydrogens (tertiary/aromatic N) is 1. The lowest BCUT2D eigenvalue weighted by Crippen LogP contribution is -2.35. The highest BCUT2D eigenvalue weighted by Gasteiger charge is 2.32. The van der Waals surface area contributed by atoms with Crippen molar-refractivity contribution in [2.75, 3.05) is 7.11 Å². The molecule has 0 saturated heterocycles. The molecule has 0 unspecified atom stereocenters. The number of esters is 1. The van der Waals surface area contributed by atoms with Gasteiger partial charge in [-0.15, -0.1) is 0 Å². The molecule has 0 bridgehead atoms. The van der Waals surface area contributed by atoms with Crippen molar-refractivity contribution in [3.05, 3.63) is 24.0 Å². The van der Waals surface area contributed by atoms with Gasteiger partial charge in [-0.2, -0.15) is 0 Å². The number of carbonyl (C=O) groups is 1. The summed E-state index contributed by atoms with van der Waals surface area (Å²) in [6.07, 6.45) is 2.84. The highest BCUT2D eigenvalue weighted by molar-refractivity contribution is 6.58. The predicted molar refractivity (Wildman–Crippen MR) is 59.1 cm³/mol. The first-order valence-electron chi connectivity index (χ1n) is 4.79. The normalized spacial score (nSPS) is 11.1. The molecule has 0 aliphatic rings. The molecule has 0 amide bonds. The average Bonchev–Trinajstić information content (AvgIpc) is 2.28. The van der Waals surface area contributed by atoms with Crippen LogP contribution in [0.4, 0.5) is 0 Å². The van der Waals surface area contributed by atoms with Crippen molar-refractivity contribution >= 4 is 18.6 Å². The largest absolute Gasteiger partial charge is 0.490 e. The van der Waals surface area contributed by atoms with E-state index in [1.54, 1.807) is 13.8 Å². The summed E-state index contributed by atoms with van der Waals surface area (Å²) < 4.78 is 4.68. The molecule has 1 heterocycles. The number of hydrogen-bond acceptors (Lipinski definition) is 5. The first-order valence-corrected chi connectivity index (χ1v) is 4.79. The minimum Gasteiger partial charge on any atom is -0.468 e. The van der Waals surface area contributed by atoms with Crippen LogP contribution in [-0.4, -0.2) is 35.2 Å². The minimum absolute atomic E-state index is 0.245. The van der Waals surface area contributed by atoms with Gasteiger partial charge in [-0.3, -0.25) is 9.78 Å². The molecule has 0 atom stereocenters. The zero-order chi connectivity index (χ0) is 12.3. The van der Waals surface area contributed by atoms with Gasteiger partial charge in [0.2, 0.25) is 0 Å². The molecule has 0 aliphatic heterocycles. The topological polar surface area (TPSA) is 79.7 Å². The van der Waals surface area contributed by atoms with Crippen LogP contribution in [0.5, 0.6) is 0 Å². The van der Waals surface area contributed by atoms with Crippen molar-refractivity contribution in [1.29, 1.82) is 0 Å². The van der Waals surface area contributed by atoms with E-state index in [4.69, 9.17) is 10.0 Å². The third-order valence-corrected chi connectivity index (χ3v) is 2.47. The molecule has 0 aromatic carbocycles. The smallest absolute Gasteiger partial charge is 0.468 e. The third-order valence-electron chi connectivity index (χ3n) is 2.47. The van der Waals surface area contributed by atoms with Crippen LogP contribution < -0.4 is 5.46 Å². The van der Waals surface area contributed by atoms with Crippen molar-refractivity contribution in [3.8, 4) is 0 Å². The van der Waals surface area contributed by atoms with E-state index in [1.165, 1.54) is 25.6 Å². The maximum atomic E-state index is 11.5. The number of hydrogen-bond donors (Lipinski definition) is 2. The molecule has 16 heavy (non-hydrogen) atoms. The lowest BCUT2D eigenvalue weighted by molar-refractivity contribution is -0.146.